The Morgan fingerprint density at radius 2 is 2.07 bits per heavy atom. The predicted molar refractivity (Wildman–Crippen MR) is 53.8 cm³/mol. The first-order valence-electron chi connectivity index (χ1n) is 5.13. The van der Waals surface area contributed by atoms with Crippen molar-refractivity contribution in [3.8, 4) is 0 Å². The van der Waals surface area contributed by atoms with Crippen molar-refractivity contribution in [3.05, 3.63) is 0 Å². The Labute approximate surface area is 88.7 Å². The van der Waals surface area contributed by atoms with Crippen molar-refractivity contribution in [3.63, 3.8) is 0 Å². The third-order valence-electron chi connectivity index (χ3n) is 3.22. The van der Waals surface area contributed by atoms with Crippen molar-refractivity contribution >= 4 is 12.1 Å². The van der Waals surface area contributed by atoms with Crippen LogP contribution in [0.5, 0.6) is 0 Å². The summed E-state index contributed by atoms with van der Waals surface area (Å²) in [5.41, 5.74) is -0.927. The fourth-order valence-electron chi connectivity index (χ4n) is 2.05. The Morgan fingerprint density at radius 1 is 1.47 bits per heavy atom. The lowest BCUT2D eigenvalue weighted by Crippen LogP contribution is -2.52. The zero-order valence-corrected chi connectivity index (χ0v) is 9.06. The smallest absolute Gasteiger partial charge is 0.407 e. The molecule has 0 aromatic rings. The molecule has 1 aliphatic heterocycles. The first-order valence-corrected chi connectivity index (χ1v) is 5.13. The van der Waals surface area contributed by atoms with Gasteiger partial charge in [-0.3, -0.25) is 4.79 Å². The van der Waals surface area contributed by atoms with E-state index in [0.717, 1.165) is 6.42 Å². The molecule has 5 heteroatoms. The fourth-order valence-corrected chi connectivity index (χ4v) is 2.05. The number of piperidine rings is 1. The van der Waals surface area contributed by atoms with Crippen molar-refractivity contribution < 1.29 is 19.8 Å². The van der Waals surface area contributed by atoms with E-state index in [1.54, 1.807) is 6.92 Å². The quantitative estimate of drug-likeness (QED) is 0.733. The van der Waals surface area contributed by atoms with E-state index in [2.05, 4.69) is 0 Å². The predicted octanol–water partition coefficient (Wildman–Crippen LogP) is 1.63. The average Bonchev–Trinajstić information content (AvgIpc) is 2.17. The molecular formula is C10H17NO4. The maximum Gasteiger partial charge on any atom is 0.407 e. The number of hydrogen-bond acceptors (Lipinski definition) is 2. The van der Waals surface area contributed by atoms with Crippen LogP contribution in [0.1, 0.15) is 33.1 Å². The minimum atomic E-state index is -1.02. The van der Waals surface area contributed by atoms with Crippen LogP contribution in [-0.2, 0) is 4.79 Å². The van der Waals surface area contributed by atoms with Gasteiger partial charge < -0.3 is 15.1 Å². The number of rotatable bonds is 2. The van der Waals surface area contributed by atoms with E-state index in [9.17, 15) is 9.59 Å². The molecule has 0 aliphatic carbocycles. The molecule has 0 bridgehead atoms. The molecule has 1 rings (SSSR count). The van der Waals surface area contributed by atoms with Gasteiger partial charge in [0.2, 0.25) is 0 Å². The van der Waals surface area contributed by atoms with Crippen molar-refractivity contribution in [1.29, 1.82) is 0 Å². The van der Waals surface area contributed by atoms with Gasteiger partial charge in [0.15, 0.2) is 0 Å². The molecule has 1 saturated heterocycles. The second-order valence-electron chi connectivity index (χ2n) is 4.38. The standard InChI is InChI=1S/C10H17NO4/c1-3-7-4-5-10(2,8(12)13)6-11(7)9(14)15/h7H,3-6H2,1-2H3,(H,12,13)(H,14,15). The van der Waals surface area contributed by atoms with Gasteiger partial charge in [0.25, 0.3) is 0 Å². The molecule has 1 amide bonds. The van der Waals surface area contributed by atoms with Gasteiger partial charge in [-0.2, -0.15) is 0 Å². The topological polar surface area (TPSA) is 77.8 Å². The van der Waals surface area contributed by atoms with Crippen molar-refractivity contribution in [2.24, 2.45) is 5.41 Å². The maximum absolute atomic E-state index is 11.0. The van der Waals surface area contributed by atoms with Crippen LogP contribution in [-0.4, -0.2) is 39.8 Å². The Bertz CT molecular complexity index is 279. The Hall–Kier alpha value is -1.26. The third-order valence-corrected chi connectivity index (χ3v) is 3.22. The van der Waals surface area contributed by atoms with Gasteiger partial charge in [-0.1, -0.05) is 6.92 Å². The number of amides is 1. The molecule has 0 aromatic carbocycles. The van der Waals surface area contributed by atoms with Gasteiger partial charge in [-0.25, -0.2) is 4.79 Å². The number of carbonyl (C=O) groups is 2. The van der Waals surface area contributed by atoms with Crippen LogP contribution in [0.2, 0.25) is 0 Å². The van der Waals surface area contributed by atoms with Crippen LogP contribution in [0, 0.1) is 5.41 Å². The second kappa shape index (κ2) is 4.08. The molecule has 86 valence electrons. The number of carboxylic acid groups (broad SMARTS) is 2. The Balaban J connectivity index is 2.83. The van der Waals surface area contributed by atoms with E-state index >= 15 is 0 Å². The minimum Gasteiger partial charge on any atom is -0.481 e. The van der Waals surface area contributed by atoms with E-state index in [-0.39, 0.29) is 12.6 Å². The summed E-state index contributed by atoms with van der Waals surface area (Å²) in [5, 5.41) is 18.0. The van der Waals surface area contributed by atoms with E-state index in [1.165, 1.54) is 4.90 Å². The van der Waals surface area contributed by atoms with Crippen molar-refractivity contribution in [2.75, 3.05) is 6.54 Å². The molecule has 0 spiro atoms. The number of likely N-dealkylation sites (tertiary alicyclic amines) is 1. The fraction of sp³-hybridized carbons (Fsp3) is 0.800. The summed E-state index contributed by atoms with van der Waals surface area (Å²) in [6.45, 7) is 3.62. The summed E-state index contributed by atoms with van der Waals surface area (Å²) < 4.78 is 0. The van der Waals surface area contributed by atoms with Gasteiger partial charge in [0, 0.05) is 12.6 Å². The maximum atomic E-state index is 11.0. The summed E-state index contributed by atoms with van der Waals surface area (Å²) in [4.78, 5) is 23.2. The van der Waals surface area contributed by atoms with Crippen LogP contribution >= 0.6 is 0 Å². The summed E-state index contributed by atoms with van der Waals surface area (Å²) in [5.74, 6) is -0.914. The zero-order valence-electron chi connectivity index (χ0n) is 9.06. The highest BCUT2D eigenvalue weighted by molar-refractivity contribution is 5.76. The number of hydrogen-bond donors (Lipinski definition) is 2. The molecule has 0 radical (unpaired) electrons. The first kappa shape index (κ1) is 11.8. The highest BCUT2D eigenvalue weighted by atomic mass is 16.4. The molecule has 1 aliphatic rings. The summed E-state index contributed by atoms with van der Waals surface area (Å²) in [7, 11) is 0. The second-order valence-corrected chi connectivity index (χ2v) is 4.38. The lowest BCUT2D eigenvalue weighted by molar-refractivity contribution is -0.151. The van der Waals surface area contributed by atoms with Gasteiger partial charge in [-0.05, 0) is 26.2 Å². The van der Waals surface area contributed by atoms with Crippen molar-refractivity contribution in [1.82, 2.24) is 4.90 Å². The normalized spacial score (nSPS) is 31.3. The monoisotopic (exact) mass is 215 g/mol. The lowest BCUT2D eigenvalue weighted by atomic mass is 9.79. The molecule has 0 saturated carbocycles. The van der Waals surface area contributed by atoms with Crippen LogP contribution in [0.15, 0.2) is 0 Å². The largest absolute Gasteiger partial charge is 0.481 e. The van der Waals surface area contributed by atoms with E-state index in [4.69, 9.17) is 10.2 Å². The average molecular weight is 215 g/mol. The lowest BCUT2D eigenvalue weighted by Gasteiger charge is -2.41. The first-order chi connectivity index (χ1) is 6.90. The number of aliphatic carboxylic acids is 1. The molecule has 5 nitrogen and oxygen atoms in total. The summed E-state index contributed by atoms with van der Waals surface area (Å²) in [6, 6.07) is -0.0325. The Morgan fingerprint density at radius 3 is 2.47 bits per heavy atom. The highest BCUT2D eigenvalue weighted by Gasteiger charge is 2.42. The zero-order chi connectivity index (χ0) is 11.6. The molecule has 1 heterocycles. The summed E-state index contributed by atoms with van der Waals surface area (Å²) in [6.07, 6.45) is 0.895. The minimum absolute atomic E-state index is 0.0325. The molecular weight excluding hydrogens is 198 g/mol. The van der Waals surface area contributed by atoms with Gasteiger partial charge >= 0.3 is 12.1 Å². The van der Waals surface area contributed by atoms with Gasteiger partial charge in [0.1, 0.15) is 0 Å². The Kier molecular flexibility index (Phi) is 3.21. The highest BCUT2D eigenvalue weighted by Crippen LogP contribution is 2.33. The molecule has 2 unspecified atom stereocenters. The van der Waals surface area contributed by atoms with E-state index < -0.39 is 17.5 Å². The molecule has 0 aromatic heterocycles. The SMILES string of the molecule is CCC1CCC(C)(C(=O)O)CN1C(=O)O. The molecule has 2 N–H and O–H groups in total. The van der Waals surface area contributed by atoms with Crippen LogP contribution < -0.4 is 0 Å². The van der Waals surface area contributed by atoms with Crippen LogP contribution in [0.4, 0.5) is 4.79 Å². The van der Waals surface area contributed by atoms with Crippen molar-refractivity contribution in [2.45, 2.75) is 39.2 Å². The van der Waals surface area contributed by atoms with E-state index in [0.29, 0.717) is 12.8 Å². The third kappa shape index (κ3) is 2.22. The van der Waals surface area contributed by atoms with E-state index in [1.807, 2.05) is 6.92 Å². The number of carboxylic acids is 1. The van der Waals surface area contributed by atoms with Gasteiger partial charge in [0.05, 0.1) is 5.41 Å². The summed E-state index contributed by atoms with van der Waals surface area (Å²) >= 11 is 0. The van der Waals surface area contributed by atoms with Crippen LogP contribution in [0.25, 0.3) is 0 Å². The molecule has 1 fully saturated rings. The number of nitrogens with zero attached hydrogens (tertiary/aromatic N) is 1. The van der Waals surface area contributed by atoms with Gasteiger partial charge in [-0.15, -0.1) is 0 Å². The van der Waals surface area contributed by atoms with Crippen LogP contribution in [0.3, 0.4) is 0 Å². The molecule has 2 atom stereocenters. The molecule has 15 heavy (non-hydrogen) atoms.